The number of rotatable bonds is 1. The van der Waals surface area contributed by atoms with Crippen molar-refractivity contribution in [3.8, 4) is 0 Å². The van der Waals surface area contributed by atoms with Gasteiger partial charge in [-0.1, -0.05) is 0 Å². The van der Waals surface area contributed by atoms with E-state index in [2.05, 4.69) is 0 Å². The van der Waals surface area contributed by atoms with Gasteiger partial charge in [0.25, 0.3) is 0 Å². The Morgan fingerprint density at radius 2 is 1.93 bits per heavy atom. The van der Waals surface area contributed by atoms with E-state index in [4.69, 9.17) is 5.73 Å². The van der Waals surface area contributed by atoms with Gasteiger partial charge in [-0.3, -0.25) is 9.00 Å². The molecule has 2 N–H and O–H groups in total. The monoisotopic (exact) mass is 230 g/mol. The molecule has 0 saturated carbocycles. The fourth-order valence-electron chi connectivity index (χ4n) is 2.38. The van der Waals surface area contributed by atoms with Crippen LogP contribution in [0.4, 0.5) is 0 Å². The van der Waals surface area contributed by atoms with Crippen LogP contribution >= 0.6 is 0 Å². The molecule has 2 aliphatic rings. The van der Waals surface area contributed by atoms with Gasteiger partial charge in [0.05, 0.1) is 6.04 Å². The first-order valence-corrected chi connectivity index (χ1v) is 7.08. The van der Waals surface area contributed by atoms with E-state index in [1.54, 1.807) is 0 Å². The Balaban J connectivity index is 1.97. The normalized spacial score (nSPS) is 38.1. The van der Waals surface area contributed by atoms with E-state index < -0.39 is 10.8 Å². The number of amides is 1. The zero-order valence-corrected chi connectivity index (χ0v) is 9.67. The lowest BCUT2D eigenvalue weighted by Crippen LogP contribution is -2.53. The lowest BCUT2D eigenvalue weighted by Gasteiger charge is -2.38. The molecule has 0 aromatic carbocycles. The minimum atomic E-state index is -0.655. The van der Waals surface area contributed by atoms with E-state index in [0.717, 1.165) is 43.7 Å². The van der Waals surface area contributed by atoms with Crippen molar-refractivity contribution in [3.05, 3.63) is 0 Å². The average molecular weight is 230 g/mol. The number of hydrogen-bond donors (Lipinski definition) is 1. The summed E-state index contributed by atoms with van der Waals surface area (Å²) < 4.78 is 11.2. The molecule has 4 nitrogen and oxygen atoms in total. The van der Waals surface area contributed by atoms with Crippen LogP contribution in [0.2, 0.25) is 0 Å². The summed E-state index contributed by atoms with van der Waals surface area (Å²) >= 11 is 0. The summed E-state index contributed by atoms with van der Waals surface area (Å²) in [4.78, 5) is 13.8. The quantitative estimate of drug-likeness (QED) is 0.681. The highest BCUT2D eigenvalue weighted by Crippen LogP contribution is 2.21. The third-order valence-corrected chi connectivity index (χ3v) is 4.69. The van der Waals surface area contributed by atoms with E-state index >= 15 is 0 Å². The van der Waals surface area contributed by atoms with Gasteiger partial charge < -0.3 is 10.6 Å². The van der Waals surface area contributed by atoms with E-state index in [1.165, 1.54) is 0 Å². The Morgan fingerprint density at radius 3 is 2.60 bits per heavy atom. The van der Waals surface area contributed by atoms with Crippen molar-refractivity contribution in [3.63, 3.8) is 0 Å². The van der Waals surface area contributed by atoms with Crippen LogP contribution in [0, 0.1) is 0 Å². The van der Waals surface area contributed by atoms with Gasteiger partial charge in [0, 0.05) is 34.9 Å². The van der Waals surface area contributed by atoms with E-state index in [-0.39, 0.29) is 11.9 Å². The van der Waals surface area contributed by atoms with E-state index in [9.17, 15) is 9.00 Å². The molecule has 2 rings (SSSR count). The second-order valence-electron chi connectivity index (χ2n) is 4.36. The number of nitrogens with zero attached hydrogens (tertiary/aromatic N) is 1. The van der Waals surface area contributed by atoms with Gasteiger partial charge in [-0.25, -0.2) is 0 Å². The number of piperidine rings is 1. The Kier molecular flexibility index (Phi) is 3.41. The summed E-state index contributed by atoms with van der Waals surface area (Å²) in [6, 6.07) is -0.00674. The van der Waals surface area contributed by atoms with Gasteiger partial charge >= 0.3 is 0 Å². The molecule has 1 amide bonds. The van der Waals surface area contributed by atoms with Gasteiger partial charge in [-0.15, -0.1) is 0 Å². The van der Waals surface area contributed by atoms with Crippen LogP contribution in [0.5, 0.6) is 0 Å². The predicted molar refractivity (Wildman–Crippen MR) is 59.8 cm³/mol. The van der Waals surface area contributed by atoms with Gasteiger partial charge in [0.15, 0.2) is 0 Å². The zero-order valence-electron chi connectivity index (χ0n) is 8.85. The molecule has 15 heavy (non-hydrogen) atoms. The van der Waals surface area contributed by atoms with Crippen molar-refractivity contribution in [2.75, 3.05) is 18.1 Å². The summed E-state index contributed by atoms with van der Waals surface area (Å²) in [5.41, 5.74) is 5.75. The number of nitrogens with two attached hydrogens (primary N) is 1. The maximum Gasteiger partial charge on any atom is 0.239 e. The number of carbonyl (C=O) groups is 1. The minimum Gasteiger partial charge on any atom is -0.338 e. The van der Waals surface area contributed by atoms with E-state index in [0.29, 0.717) is 6.04 Å². The van der Waals surface area contributed by atoms with Crippen LogP contribution < -0.4 is 5.73 Å². The summed E-state index contributed by atoms with van der Waals surface area (Å²) in [6.07, 6.45) is 3.58. The fraction of sp³-hybridized carbons (Fsp3) is 0.900. The molecule has 2 saturated heterocycles. The predicted octanol–water partition coefficient (Wildman–Crippen LogP) is -0.153. The van der Waals surface area contributed by atoms with Gasteiger partial charge in [-0.2, -0.15) is 0 Å². The van der Waals surface area contributed by atoms with Crippen LogP contribution in [0.1, 0.15) is 25.7 Å². The summed E-state index contributed by atoms with van der Waals surface area (Å²) in [7, 11) is -0.655. The number of hydrogen-bond acceptors (Lipinski definition) is 3. The fourth-order valence-corrected chi connectivity index (χ4v) is 3.66. The van der Waals surface area contributed by atoms with Crippen molar-refractivity contribution in [2.45, 2.75) is 37.8 Å². The molecule has 0 bridgehead atoms. The standard InChI is InChI=1S/C10H18N2O2S/c11-9-2-1-5-12(10(9)13)8-3-6-15(14)7-4-8/h8-9H,1-7,11H2. The molecule has 1 atom stereocenters. The average Bonchev–Trinajstić information content (AvgIpc) is 2.24. The second-order valence-corrected chi connectivity index (χ2v) is 6.06. The van der Waals surface area contributed by atoms with Crippen molar-refractivity contribution in [1.29, 1.82) is 0 Å². The highest BCUT2D eigenvalue weighted by atomic mass is 32.2. The molecular weight excluding hydrogens is 212 g/mol. The lowest BCUT2D eigenvalue weighted by atomic mass is 10.0. The molecule has 0 aromatic rings. The van der Waals surface area contributed by atoms with Crippen molar-refractivity contribution in [2.24, 2.45) is 5.73 Å². The van der Waals surface area contributed by atoms with Gasteiger partial charge in [0.1, 0.15) is 0 Å². The Labute approximate surface area is 92.6 Å². The number of carbonyl (C=O) groups excluding carboxylic acids is 1. The molecule has 5 heteroatoms. The molecule has 0 radical (unpaired) electrons. The third kappa shape index (κ3) is 2.39. The largest absolute Gasteiger partial charge is 0.338 e. The molecule has 2 aliphatic heterocycles. The van der Waals surface area contributed by atoms with Crippen molar-refractivity contribution in [1.82, 2.24) is 4.90 Å². The van der Waals surface area contributed by atoms with Crippen LogP contribution in [-0.4, -0.2) is 45.2 Å². The maximum atomic E-state index is 11.8. The highest BCUT2D eigenvalue weighted by Gasteiger charge is 2.32. The molecule has 0 aromatic heterocycles. The molecule has 2 fully saturated rings. The Morgan fingerprint density at radius 1 is 1.27 bits per heavy atom. The smallest absolute Gasteiger partial charge is 0.239 e. The molecule has 86 valence electrons. The lowest BCUT2D eigenvalue weighted by molar-refractivity contribution is -0.137. The maximum absolute atomic E-state index is 11.8. The van der Waals surface area contributed by atoms with Crippen molar-refractivity contribution < 1.29 is 9.00 Å². The summed E-state index contributed by atoms with van der Waals surface area (Å²) in [5.74, 6) is 1.58. The Bertz CT molecular complexity index is 273. The van der Waals surface area contributed by atoms with E-state index in [1.807, 2.05) is 4.90 Å². The third-order valence-electron chi connectivity index (χ3n) is 3.31. The zero-order chi connectivity index (χ0) is 10.8. The molecule has 1 unspecified atom stereocenters. The van der Waals surface area contributed by atoms with Gasteiger partial charge in [-0.05, 0) is 25.7 Å². The van der Waals surface area contributed by atoms with Crippen LogP contribution in [-0.2, 0) is 15.6 Å². The van der Waals surface area contributed by atoms with Crippen molar-refractivity contribution >= 4 is 16.7 Å². The molecule has 2 heterocycles. The van der Waals surface area contributed by atoms with Gasteiger partial charge in [0.2, 0.25) is 5.91 Å². The number of likely N-dealkylation sites (tertiary alicyclic amines) is 1. The SMILES string of the molecule is NC1CCCN(C2CCS(=O)CC2)C1=O. The second kappa shape index (κ2) is 4.61. The van der Waals surface area contributed by atoms with Crippen LogP contribution in [0.25, 0.3) is 0 Å². The molecular formula is C10H18N2O2S. The molecule has 0 spiro atoms. The summed E-state index contributed by atoms with van der Waals surface area (Å²) in [5, 5.41) is 0. The van der Waals surface area contributed by atoms with Crippen LogP contribution in [0.15, 0.2) is 0 Å². The first-order chi connectivity index (χ1) is 7.18. The Hall–Kier alpha value is -0.420. The first kappa shape index (κ1) is 11.1. The molecule has 0 aliphatic carbocycles. The topological polar surface area (TPSA) is 63.4 Å². The van der Waals surface area contributed by atoms with Crippen LogP contribution in [0.3, 0.4) is 0 Å². The first-order valence-electron chi connectivity index (χ1n) is 5.59. The minimum absolute atomic E-state index is 0.0962. The highest BCUT2D eigenvalue weighted by molar-refractivity contribution is 7.85. The summed E-state index contributed by atoms with van der Waals surface area (Å²) in [6.45, 7) is 0.837.